The minimum atomic E-state index is -0.244. The molecule has 0 aromatic rings. The maximum atomic E-state index is 12.3. The van der Waals surface area contributed by atoms with Crippen LogP contribution in [0.15, 0.2) is 0 Å². The van der Waals surface area contributed by atoms with Crippen molar-refractivity contribution in [3.63, 3.8) is 0 Å². The number of likely N-dealkylation sites (tertiary alicyclic amines) is 1. The zero-order valence-electron chi connectivity index (χ0n) is 18.0. The SMILES string of the molecule is CCOC(=O)CO[C@H]1CCC2C3CC[C@H]4N(C)C(=O)CC[C@]4(C)C3CC[C@@]21C. The molecule has 4 rings (SSSR count). The highest BCUT2D eigenvalue weighted by Crippen LogP contribution is 2.65. The van der Waals surface area contributed by atoms with Crippen LogP contribution in [0.3, 0.4) is 0 Å². The van der Waals surface area contributed by atoms with Crippen LogP contribution in [0.2, 0.25) is 0 Å². The maximum Gasteiger partial charge on any atom is 0.332 e. The molecule has 3 saturated carbocycles. The maximum absolute atomic E-state index is 12.3. The van der Waals surface area contributed by atoms with Crippen molar-refractivity contribution in [3.8, 4) is 0 Å². The zero-order chi connectivity index (χ0) is 20.1. The molecule has 0 spiro atoms. The molecule has 1 aliphatic heterocycles. The van der Waals surface area contributed by atoms with Gasteiger partial charge in [-0.25, -0.2) is 4.79 Å². The molecule has 3 unspecified atom stereocenters. The van der Waals surface area contributed by atoms with Crippen LogP contribution in [0.5, 0.6) is 0 Å². The predicted octanol–water partition coefficient (Wildman–Crippen LogP) is 3.80. The second-order valence-electron chi connectivity index (χ2n) is 10.2. The van der Waals surface area contributed by atoms with Gasteiger partial charge in [-0.05, 0) is 80.5 Å². The lowest BCUT2D eigenvalue weighted by atomic mass is 9.47. The molecule has 3 aliphatic carbocycles. The number of carbonyl (C=O) groups is 2. The number of hydrogen-bond donors (Lipinski definition) is 0. The van der Waals surface area contributed by atoms with Crippen molar-refractivity contribution in [1.29, 1.82) is 0 Å². The number of rotatable bonds is 4. The molecule has 4 fully saturated rings. The van der Waals surface area contributed by atoms with E-state index in [1.54, 1.807) is 0 Å². The first-order valence-corrected chi connectivity index (χ1v) is 11.3. The Balaban J connectivity index is 1.49. The Morgan fingerprint density at radius 1 is 1.07 bits per heavy atom. The first kappa shape index (κ1) is 20.2. The van der Waals surface area contributed by atoms with Crippen LogP contribution in [0.1, 0.15) is 72.1 Å². The number of amides is 1. The number of esters is 1. The molecule has 1 heterocycles. The molecule has 1 amide bonds. The van der Waals surface area contributed by atoms with Gasteiger partial charge in [0.15, 0.2) is 0 Å². The summed E-state index contributed by atoms with van der Waals surface area (Å²) in [6.45, 7) is 7.19. The van der Waals surface area contributed by atoms with Gasteiger partial charge in [0.1, 0.15) is 6.61 Å². The van der Waals surface area contributed by atoms with E-state index in [-0.39, 0.29) is 29.5 Å². The lowest BCUT2D eigenvalue weighted by Crippen LogP contribution is -2.61. The Bertz CT molecular complexity index is 636. The molecular formula is C23H37NO4. The van der Waals surface area contributed by atoms with E-state index in [2.05, 4.69) is 18.7 Å². The number of nitrogens with zero attached hydrogens (tertiary/aromatic N) is 1. The first-order chi connectivity index (χ1) is 13.3. The van der Waals surface area contributed by atoms with Crippen LogP contribution >= 0.6 is 0 Å². The summed E-state index contributed by atoms with van der Waals surface area (Å²) >= 11 is 0. The minimum absolute atomic E-state index is 0.0849. The molecule has 0 aromatic carbocycles. The predicted molar refractivity (Wildman–Crippen MR) is 107 cm³/mol. The Hall–Kier alpha value is -1.10. The molecule has 4 aliphatic rings. The molecule has 1 saturated heterocycles. The third kappa shape index (κ3) is 3.00. The molecule has 0 N–H and O–H groups in total. The molecule has 158 valence electrons. The van der Waals surface area contributed by atoms with Gasteiger partial charge in [0.2, 0.25) is 5.91 Å². The van der Waals surface area contributed by atoms with Crippen molar-refractivity contribution in [1.82, 2.24) is 4.90 Å². The minimum Gasteiger partial charge on any atom is -0.464 e. The standard InChI is InChI=1S/C23H37NO4/c1-5-27-21(26)14-28-19-9-7-16-15-6-8-18-22(2,13-11-20(25)24(18)4)17(15)10-12-23(16,19)3/h15-19H,5-14H2,1-4H3/t15?,16?,17?,18-,19+,22-,23+/m1/s1. The average Bonchev–Trinajstić information content (AvgIpc) is 3.00. The van der Waals surface area contributed by atoms with E-state index in [0.29, 0.717) is 36.8 Å². The van der Waals surface area contributed by atoms with Crippen molar-refractivity contribution in [2.75, 3.05) is 20.3 Å². The Kier molecular flexibility index (Phi) is 5.26. The van der Waals surface area contributed by atoms with Crippen LogP contribution in [-0.4, -0.2) is 49.2 Å². The largest absolute Gasteiger partial charge is 0.464 e. The Labute approximate surface area is 169 Å². The van der Waals surface area contributed by atoms with Crippen molar-refractivity contribution < 1.29 is 19.1 Å². The van der Waals surface area contributed by atoms with Crippen molar-refractivity contribution in [3.05, 3.63) is 0 Å². The van der Waals surface area contributed by atoms with Gasteiger partial charge in [-0.2, -0.15) is 0 Å². The quantitative estimate of drug-likeness (QED) is 0.684. The second kappa shape index (κ2) is 7.30. The summed E-state index contributed by atoms with van der Waals surface area (Å²) in [5.74, 6) is 2.21. The molecule has 7 atom stereocenters. The number of carbonyl (C=O) groups excluding carboxylic acids is 2. The molecule has 0 bridgehead atoms. The Morgan fingerprint density at radius 3 is 2.57 bits per heavy atom. The Morgan fingerprint density at radius 2 is 1.82 bits per heavy atom. The highest BCUT2D eigenvalue weighted by Gasteiger charge is 2.61. The van der Waals surface area contributed by atoms with Gasteiger partial charge in [0.25, 0.3) is 0 Å². The average molecular weight is 392 g/mol. The summed E-state index contributed by atoms with van der Waals surface area (Å²) in [4.78, 5) is 26.1. The number of piperidine rings is 1. The van der Waals surface area contributed by atoms with E-state index in [9.17, 15) is 9.59 Å². The third-order valence-corrected chi connectivity index (χ3v) is 9.18. The van der Waals surface area contributed by atoms with Gasteiger partial charge in [0, 0.05) is 19.5 Å². The monoisotopic (exact) mass is 391 g/mol. The van der Waals surface area contributed by atoms with Crippen LogP contribution in [-0.2, 0) is 19.1 Å². The van der Waals surface area contributed by atoms with Crippen LogP contribution in [0.25, 0.3) is 0 Å². The van der Waals surface area contributed by atoms with Crippen molar-refractivity contribution in [2.45, 2.75) is 84.3 Å². The molecule has 5 nitrogen and oxygen atoms in total. The summed E-state index contributed by atoms with van der Waals surface area (Å²) in [5, 5.41) is 0. The normalized spacial score (nSPS) is 45.2. The summed E-state index contributed by atoms with van der Waals surface area (Å²) < 4.78 is 11.2. The molecular weight excluding hydrogens is 354 g/mol. The van der Waals surface area contributed by atoms with Gasteiger partial charge < -0.3 is 14.4 Å². The fourth-order valence-corrected chi connectivity index (χ4v) is 7.75. The number of hydrogen-bond acceptors (Lipinski definition) is 4. The summed E-state index contributed by atoms with van der Waals surface area (Å²) in [7, 11) is 2.02. The molecule has 0 aromatic heterocycles. The highest BCUT2D eigenvalue weighted by atomic mass is 16.6. The van der Waals surface area contributed by atoms with E-state index in [1.165, 1.54) is 25.7 Å². The summed E-state index contributed by atoms with van der Waals surface area (Å²) in [6, 6.07) is 0.414. The topological polar surface area (TPSA) is 55.8 Å². The second-order valence-corrected chi connectivity index (χ2v) is 10.2. The van der Waals surface area contributed by atoms with E-state index in [0.717, 1.165) is 25.2 Å². The van der Waals surface area contributed by atoms with Gasteiger partial charge in [0.05, 0.1) is 12.7 Å². The smallest absolute Gasteiger partial charge is 0.332 e. The molecule has 28 heavy (non-hydrogen) atoms. The fraction of sp³-hybridized carbons (Fsp3) is 0.913. The van der Waals surface area contributed by atoms with E-state index in [1.807, 2.05) is 14.0 Å². The van der Waals surface area contributed by atoms with E-state index >= 15 is 0 Å². The van der Waals surface area contributed by atoms with Crippen molar-refractivity contribution in [2.24, 2.45) is 28.6 Å². The zero-order valence-corrected chi connectivity index (χ0v) is 18.0. The molecule has 0 radical (unpaired) electrons. The highest BCUT2D eigenvalue weighted by molar-refractivity contribution is 5.77. The van der Waals surface area contributed by atoms with Crippen LogP contribution in [0.4, 0.5) is 0 Å². The fourth-order valence-electron chi connectivity index (χ4n) is 7.75. The van der Waals surface area contributed by atoms with E-state index in [4.69, 9.17) is 9.47 Å². The van der Waals surface area contributed by atoms with Crippen LogP contribution < -0.4 is 0 Å². The third-order valence-electron chi connectivity index (χ3n) is 9.18. The van der Waals surface area contributed by atoms with Gasteiger partial charge in [-0.3, -0.25) is 4.79 Å². The number of ether oxygens (including phenoxy) is 2. The summed E-state index contributed by atoms with van der Waals surface area (Å²) in [6.07, 6.45) is 8.97. The lowest BCUT2D eigenvalue weighted by Gasteiger charge is -2.61. The van der Waals surface area contributed by atoms with Gasteiger partial charge in [-0.15, -0.1) is 0 Å². The lowest BCUT2D eigenvalue weighted by molar-refractivity contribution is -0.166. The van der Waals surface area contributed by atoms with Gasteiger partial charge >= 0.3 is 5.97 Å². The number of fused-ring (bicyclic) bond motifs is 5. The summed E-state index contributed by atoms with van der Waals surface area (Å²) in [5.41, 5.74) is 0.435. The van der Waals surface area contributed by atoms with Gasteiger partial charge in [-0.1, -0.05) is 13.8 Å². The van der Waals surface area contributed by atoms with Crippen molar-refractivity contribution >= 4 is 11.9 Å². The van der Waals surface area contributed by atoms with Crippen LogP contribution in [0, 0.1) is 28.6 Å². The van der Waals surface area contributed by atoms with E-state index < -0.39 is 0 Å². The first-order valence-electron chi connectivity index (χ1n) is 11.3. The molecule has 5 heteroatoms.